The maximum absolute atomic E-state index is 12.7. The summed E-state index contributed by atoms with van der Waals surface area (Å²) in [6.45, 7) is 3.03. The maximum Gasteiger partial charge on any atom is 0.232 e. The molecule has 2 heterocycles. The van der Waals surface area contributed by atoms with E-state index in [9.17, 15) is 4.79 Å². The van der Waals surface area contributed by atoms with Gasteiger partial charge in [0.15, 0.2) is 11.5 Å². The Balaban J connectivity index is 1.35. The van der Waals surface area contributed by atoms with Crippen LogP contribution in [-0.4, -0.2) is 36.3 Å². The van der Waals surface area contributed by atoms with E-state index in [-0.39, 0.29) is 11.8 Å². The lowest BCUT2D eigenvalue weighted by atomic mass is 10.1. The average Bonchev–Trinajstić information content (AvgIpc) is 3.53. The summed E-state index contributed by atoms with van der Waals surface area (Å²) in [4.78, 5) is 19.1. The van der Waals surface area contributed by atoms with Crippen molar-refractivity contribution in [1.82, 2.24) is 10.1 Å². The number of nitrogens with zero attached hydrogens (tertiary/aromatic N) is 3. The number of anilines is 1. The van der Waals surface area contributed by atoms with E-state index in [1.807, 2.05) is 30.0 Å². The molecule has 0 saturated carbocycles. The molecule has 31 heavy (non-hydrogen) atoms. The first-order valence-corrected chi connectivity index (χ1v) is 10.7. The van der Waals surface area contributed by atoms with Gasteiger partial charge in [-0.1, -0.05) is 11.2 Å². The zero-order chi connectivity index (χ0) is 21.4. The van der Waals surface area contributed by atoms with Gasteiger partial charge in [0.2, 0.25) is 17.6 Å². The normalized spacial score (nSPS) is 17.8. The Morgan fingerprint density at radius 3 is 2.84 bits per heavy atom. The number of hydrogen-bond acceptors (Lipinski definition) is 6. The van der Waals surface area contributed by atoms with Gasteiger partial charge in [-0.15, -0.1) is 0 Å². The minimum atomic E-state index is -0.119. The smallest absolute Gasteiger partial charge is 0.232 e. The summed E-state index contributed by atoms with van der Waals surface area (Å²) in [6.07, 6.45) is 3.78. The van der Waals surface area contributed by atoms with E-state index < -0.39 is 0 Å². The third-order valence-corrected chi connectivity index (χ3v) is 6.03. The molecule has 1 unspecified atom stereocenters. The largest absolute Gasteiger partial charge is 0.493 e. The molecule has 1 saturated heterocycles. The fraction of sp³-hybridized carbons (Fsp3) is 0.375. The fourth-order valence-electron chi connectivity index (χ4n) is 4.45. The molecule has 0 spiro atoms. The van der Waals surface area contributed by atoms with Gasteiger partial charge in [-0.25, -0.2) is 0 Å². The molecule has 3 aromatic rings. The molecule has 1 aliphatic heterocycles. The molecule has 2 aromatic carbocycles. The van der Waals surface area contributed by atoms with Crippen LogP contribution in [0.25, 0.3) is 11.4 Å². The first-order valence-electron chi connectivity index (χ1n) is 10.7. The van der Waals surface area contributed by atoms with Crippen molar-refractivity contribution in [2.24, 2.45) is 0 Å². The lowest BCUT2D eigenvalue weighted by Gasteiger charge is -2.17. The molecule has 0 bridgehead atoms. The molecule has 1 aliphatic carbocycles. The van der Waals surface area contributed by atoms with Crippen molar-refractivity contribution in [3.8, 4) is 22.9 Å². The predicted molar refractivity (Wildman–Crippen MR) is 116 cm³/mol. The van der Waals surface area contributed by atoms with Crippen molar-refractivity contribution in [3.63, 3.8) is 0 Å². The van der Waals surface area contributed by atoms with Crippen LogP contribution in [0, 0.1) is 0 Å². The van der Waals surface area contributed by atoms with Crippen LogP contribution in [0.5, 0.6) is 11.5 Å². The quantitative estimate of drug-likeness (QED) is 0.597. The predicted octanol–water partition coefficient (Wildman–Crippen LogP) is 4.15. The summed E-state index contributed by atoms with van der Waals surface area (Å²) in [5, 5.41) is 4.14. The van der Waals surface area contributed by atoms with E-state index in [1.54, 1.807) is 7.11 Å². The number of benzene rings is 2. The summed E-state index contributed by atoms with van der Waals surface area (Å²) < 4.78 is 16.5. The number of aryl methyl sites for hydroxylation is 2. The SMILES string of the molecule is CCOc1ccc(-c2noc(C3CC(=O)N(c4ccc5c(c4)CCC5)C3)n2)cc1OC. The van der Waals surface area contributed by atoms with Gasteiger partial charge >= 0.3 is 0 Å². The van der Waals surface area contributed by atoms with Gasteiger partial charge in [0.1, 0.15) is 0 Å². The van der Waals surface area contributed by atoms with Gasteiger partial charge in [-0.05, 0) is 67.6 Å². The number of fused-ring (bicyclic) bond motifs is 1. The second-order valence-corrected chi connectivity index (χ2v) is 7.97. The van der Waals surface area contributed by atoms with Crippen molar-refractivity contribution in [2.75, 3.05) is 25.2 Å². The molecule has 160 valence electrons. The molecule has 1 aromatic heterocycles. The highest BCUT2D eigenvalue weighted by Crippen LogP contribution is 2.35. The molecule has 2 aliphatic rings. The molecular weight excluding hydrogens is 394 g/mol. The third-order valence-electron chi connectivity index (χ3n) is 6.03. The van der Waals surface area contributed by atoms with Crippen LogP contribution in [0.4, 0.5) is 5.69 Å². The number of aromatic nitrogens is 2. The van der Waals surface area contributed by atoms with Gasteiger partial charge in [0, 0.05) is 24.2 Å². The summed E-state index contributed by atoms with van der Waals surface area (Å²) >= 11 is 0. The van der Waals surface area contributed by atoms with Gasteiger partial charge in [0.05, 0.1) is 19.6 Å². The van der Waals surface area contributed by atoms with Crippen LogP contribution in [-0.2, 0) is 17.6 Å². The van der Waals surface area contributed by atoms with Gasteiger partial charge < -0.3 is 18.9 Å². The Morgan fingerprint density at radius 2 is 2.00 bits per heavy atom. The number of carbonyl (C=O) groups excluding carboxylic acids is 1. The molecule has 1 atom stereocenters. The van der Waals surface area contributed by atoms with E-state index in [1.165, 1.54) is 17.5 Å². The van der Waals surface area contributed by atoms with E-state index in [2.05, 4.69) is 28.3 Å². The summed E-state index contributed by atoms with van der Waals surface area (Å²) in [7, 11) is 1.60. The summed E-state index contributed by atoms with van der Waals surface area (Å²) in [5.41, 5.74) is 4.50. The van der Waals surface area contributed by atoms with Crippen molar-refractivity contribution >= 4 is 11.6 Å². The van der Waals surface area contributed by atoms with E-state index in [0.717, 1.165) is 24.1 Å². The molecule has 1 fully saturated rings. The number of rotatable bonds is 6. The lowest BCUT2D eigenvalue weighted by Crippen LogP contribution is -2.24. The first kappa shape index (κ1) is 19.6. The van der Waals surface area contributed by atoms with Gasteiger partial charge in [-0.2, -0.15) is 4.98 Å². The summed E-state index contributed by atoms with van der Waals surface area (Å²) in [5.74, 6) is 2.21. The van der Waals surface area contributed by atoms with E-state index in [0.29, 0.717) is 42.8 Å². The Kier molecular flexibility index (Phi) is 5.10. The number of methoxy groups -OCH3 is 1. The third kappa shape index (κ3) is 3.65. The molecule has 1 amide bonds. The second kappa shape index (κ2) is 8.06. The highest BCUT2D eigenvalue weighted by molar-refractivity contribution is 5.96. The van der Waals surface area contributed by atoms with E-state index >= 15 is 0 Å². The van der Waals surface area contributed by atoms with Crippen LogP contribution in [0.15, 0.2) is 40.9 Å². The first-order chi connectivity index (χ1) is 15.2. The van der Waals surface area contributed by atoms with Crippen LogP contribution in [0.3, 0.4) is 0 Å². The topological polar surface area (TPSA) is 77.7 Å². The minimum Gasteiger partial charge on any atom is -0.493 e. The number of amides is 1. The van der Waals surface area contributed by atoms with Crippen LogP contribution in [0.2, 0.25) is 0 Å². The van der Waals surface area contributed by atoms with Gasteiger partial charge in [0.25, 0.3) is 0 Å². The zero-order valence-electron chi connectivity index (χ0n) is 17.8. The summed E-state index contributed by atoms with van der Waals surface area (Å²) in [6, 6.07) is 11.9. The fourth-order valence-corrected chi connectivity index (χ4v) is 4.45. The number of ether oxygens (including phenoxy) is 2. The number of carbonyl (C=O) groups is 1. The number of hydrogen-bond donors (Lipinski definition) is 0. The van der Waals surface area contributed by atoms with Crippen molar-refractivity contribution in [3.05, 3.63) is 53.4 Å². The minimum absolute atomic E-state index is 0.0884. The van der Waals surface area contributed by atoms with E-state index in [4.69, 9.17) is 14.0 Å². The molecule has 7 heteroatoms. The highest BCUT2D eigenvalue weighted by atomic mass is 16.5. The molecule has 0 radical (unpaired) electrons. The zero-order valence-corrected chi connectivity index (χ0v) is 17.8. The van der Waals surface area contributed by atoms with Crippen LogP contribution >= 0.6 is 0 Å². The second-order valence-electron chi connectivity index (χ2n) is 7.97. The van der Waals surface area contributed by atoms with Crippen LogP contribution in [0.1, 0.15) is 42.7 Å². The Labute approximate surface area is 181 Å². The average molecular weight is 419 g/mol. The Hall–Kier alpha value is -3.35. The monoisotopic (exact) mass is 419 g/mol. The van der Waals surface area contributed by atoms with Crippen molar-refractivity contribution < 1.29 is 18.8 Å². The lowest BCUT2D eigenvalue weighted by molar-refractivity contribution is -0.117. The molecule has 0 N–H and O–H groups in total. The Bertz CT molecular complexity index is 1120. The molecule has 5 rings (SSSR count). The van der Waals surface area contributed by atoms with Gasteiger partial charge in [-0.3, -0.25) is 4.79 Å². The maximum atomic E-state index is 12.7. The standard InChI is InChI=1S/C24H25N3O4/c1-3-30-20-10-8-17(12-21(20)29-2)23-25-24(31-26-23)18-13-22(28)27(14-18)19-9-7-15-5-4-6-16(15)11-19/h7-12,18H,3-6,13-14H2,1-2H3. The Morgan fingerprint density at radius 1 is 1.13 bits per heavy atom. The van der Waals surface area contributed by atoms with Crippen molar-refractivity contribution in [1.29, 1.82) is 0 Å². The van der Waals surface area contributed by atoms with Crippen LogP contribution < -0.4 is 14.4 Å². The molecule has 7 nitrogen and oxygen atoms in total. The van der Waals surface area contributed by atoms with Crippen molar-refractivity contribution in [2.45, 2.75) is 38.5 Å². The highest BCUT2D eigenvalue weighted by Gasteiger charge is 2.35. The molecular formula is C24H25N3O4.